The monoisotopic (exact) mass is 399 g/mol. The van der Waals surface area contributed by atoms with Gasteiger partial charge in [0.2, 0.25) is 17.5 Å². The molecule has 0 radical (unpaired) electrons. The highest BCUT2D eigenvalue weighted by Crippen LogP contribution is 2.39. The number of furan rings is 1. The van der Waals surface area contributed by atoms with Crippen LogP contribution in [0.4, 0.5) is 0 Å². The van der Waals surface area contributed by atoms with Crippen molar-refractivity contribution in [2.45, 2.75) is 29.6 Å². The standard InChI is InChI=1S/C17H13N5O3S2/c23-13-4-1-5-22(13)7-12-20-21-17(25-12)27-16-14-10(11-3-2-6-26-11)8-24-15(14)18-9-19-16/h2-3,6,8-9H,1,4-5,7H2. The summed E-state index contributed by atoms with van der Waals surface area (Å²) >= 11 is 2.88. The van der Waals surface area contributed by atoms with Gasteiger partial charge in [-0.3, -0.25) is 4.79 Å². The second kappa shape index (κ2) is 6.78. The van der Waals surface area contributed by atoms with Gasteiger partial charge in [0.15, 0.2) is 0 Å². The van der Waals surface area contributed by atoms with Crippen molar-refractivity contribution in [3.05, 3.63) is 36.0 Å². The van der Waals surface area contributed by atoms with Gasteiger partial charge >= 0.3 is 0 Å². The molecule has 5 rings (SSSR count). The molecule has 0 aromatic carbocycles. The third kappa shape index (κ3) is 3.10. The van der Waals surface area contributed by atoms with E-state index < -0.39 is 0 Å². The van der Waals surface area contributed by atoms with E-state index in [1.807, 2.05) is 17.5 Å². The summed E-state index contributed by atoms with van der Waals surface area (Å²) in [6.07, 6.45) is 4.60. The summed E-state index contributed by atoms with van der Waals surface area (Å²) in [5, 5.41) is 12.0. The molecule has 4 aromatic heterocycles. The molecule has 0 atom stereocenters. The lowest BCUT2D eigenvalue weighted by molar-refractivity contribution is -0.128. The zero-order valence-corrected chi connectivity index (χ0v) is 15.6. The number of amides is 1. The Labute approximate surface area is 161 Å². The molecule has 4 aromatic rings. The van der Waals surface area contributed by atoms with Crippen molar-refractivity contribution < 1.29 is 13.6 Å². The fourth-order valence-electron chi connectivity index (χ4n) is 3.00. The van der Waals surface area contributed by atoms with E-state index in [1.54, 1.807) is 22.5 Å². The molecule has 1 aliphatic heterocycles. The Balaban J connectivity index is 1.43. The molecule has 1 amide bonds. The number of rotatable bonds is 5. The van der Waals surface area contributed by atoms with Crippen LogP contribution in [0.3, 0.4) is 0 Å². The van der Waals surface area contributed by atoms with Crippen molar-refractivity contribution in [3.63, 3.8) is 0 Å². The second-order valence-corrected chi connectivity index (χ2v) is 7.86. The van der Waals surface area contributed by atoms with Crippen LogP contribution in [0.1, 0.15) is 18.7 Å². The van der Waals surface area contributed by atoms with Gasteiger partial charge in [0.25, 0.3) is 5.22 Å². The third-order valence-corrected chi connectivity index (χ3v) is 6.00. The third-order valence-electron chi connectivity index (χ3n) is 4.25. The van der Waals surface area contributed by atoms with Gasteiger partial charge in [-0.15, -0.1) is 21.5 Å². The summed E-state index contributed by atoms with van der Waals surface area (Å²) in [4.78, 5) is 23.1. The number of fused-ring (bicyclic) bond motifs is 1. The van der Waals surface area contributed by atoms with Crippen LogP contribution in [0.15, 0.2) is 49.2 Å². The van der Waals surface area contributed by atoms with Crippen LogP contribution in [0.5, 0.6) is 0 Å². The minimum atomic E-state index is 0.124. The zero-order valence-electron chi connectivity index (χ0n) is 14.0. The predicted octanol–water partition coefficient (Wildman–Crippen LogP) is 3.61. The summed E-state index contributed by atoms with van der Waals surface area (Å²) < 4.78 is 11.3. The molecule has 136 valence electrons. The lowest BCUT2D eigenvalue weighted by Gasteiger charge is -2.11. The van der Waals surface area contributed by atoms with Crippen molar-refractivity contribution in [1.82, 2.24) is 25.1 Å². The Bertz CT molecular complexity index is 1110. The highest BCUT2D eigenvalue weighted by Gasteiger charge is 2.23. The van der Waals surface area contributed by atoms with Crippen molar-refractivity contribution in [2.75, 3.05) is 6.54 Å². The number of carbonyl (C=O) groups excluding carboxylic acids is 1. The first-order valence-corrected chi connectivity index (χ1v) is 10.0. The van der Waals surface area contributed by atoms with Gasteiger partial charge in [-0.1, -0.05) is 6.07 Å². The van der Waals surface area contributed by atoms with Gasteiger partial charge in [-0.05, 0) is 29.6 Å². The van der Waals surface area contributed by atoms with Crippen molar-refractivity contribution in [1.29, 1.82) is 0 Å². The summed E-state index contributed by atoms with van der Waals surface area (Å²) in [5.74, 6) is 0.544. The minimum Gasteiger partial charge on any atom is -0.445 e. The fraction of sp³-hybridized carbons (Fsp3) is 0.235. The van der Waals surface area contributed by atoms with Gasteiger partial charge < -0.3 is 13.7 Å². The van der Waals surface area contributed by atoms with Crippen LogP contribution in [-0.2, 0) is 11.3 Å². The Morgan fingerprint density at radius 2 is 2.26 bits per heavy atom. The molecule has 1 aliphatic rings. The van der Waals surface area contributed by atoms with Gasteiger partial charge in [0.05, 0.1) is 11.9 Å². The minimum absolute atomic E-state index is 0.124. The van der Waals surface area contributed by atoms with Crippen molar-refractivity contribution in [3.8, 4) is 10.4 Å². The molecule has 0 saturated carbocycles. The smallest absolute Gasteiger partial charge is 0.283 e. The first-order chi connectivity index (χ1) is 13.3. The molecule has 0 N–H and O–H groups in total. The first-order valence-electron chi connectivity index (χ1n) is 8.32. The van der Waals surface area contributed by atoms with E-state index in [0.717, 1.165) is 28.8 Å². The first kappa shape index (κ1) is 16.5. The van der Waals surface area contributed by atoms with Crippen molar-refractivity contribution in [2.24, 2.45) is 0 Å². The van der Waals surface area contributed by atoms with E-state index in [4.69, 9.17) is 8.83 Å². The number of nitrogens with zero attached hydrogens (tertiary/aromatic N) is 5. The maximum absolute atomic E-state index is 11.7. The van der Waals surface area contributed by atoms with Crippen molar-refractivity contribution >= 4 is 40.1 Å². The van der Waals surface area contributed by atoms with Gasteiger partial charge in [-0.25, -0.2) is 9.97 Å². The highest BCUT2D eigenvalue weighted by molar-refractivity contribution is 7.99. The lowest BCUT2D eigenvalue weighted by atomic mass is 10.2. The Morgan fingerprint density at radius 3 is 3.07 bits per heavy atom. The summed E-state index contributed by atoms with van der Waals surface area (Å²) in [6, 6.07) is 4.01. The van der Waals surface area contributed by atoms with Gasteiger partial charge in [-0.2, -0.15) is 0 Å². The number of thiophene rings is 1. The molecule has 10 heteroatoms. The highest BCUT2D eigenvalue weighted by atomic mass is 32.2. The van der Waals surface area contributed by atoms with E-state index in [2.05, 4.69) is 20.2 Å². The topological polar surface area (TPSA) is 98.2 Å². The van der Waals surface area contributed by atoms with Crippen LogP contribution in [0.2, 0.25) is 0 Å². The summed E-state index contributed by atoms with van der Waals surface area (Å²) in [5.41, 5.74) is 1.45. The van der Waals surface area contributed by atoms with Crippen LogP contribution in [-0.4, -0.2) is 37.5 Å². The van der Waals surface area contributed by atoms with E-state index in [0.29, 0.717) is 34.8 Å². The van der Waals surface area contributed by atoms with E-state index in [1.165, 1.54) is 18.1 Å². The molecule has 0 unspecified atom stereocenters. The molecule has 27 heavy (non-hydrogen) atoms. The van der Waals surface area contributed by atoms with E-state index >= 15 is 0 Å². The molecule has 8 nitrogen and oxygen atoms in total. The predicted molar refractivity (Wildman–Crippen MR) is 98.2 cm³/mol. The quantitative estimate of drug-likeness (QED) is 0.469. The summed E-state index contributed by atoms with van der Waals surface area (Å²) in [6.45, 7) is 1.08. The largest absolute Gasteiger partial charge is 0.445 e. The summed E-state index contributed by atoms with van der Waals surface area (Å²) in [7, 11) is 0. The van der Waals surface area contributed by atoms with Crippen LogP contribution in [0.25, 0.3) is 21.5 Å². The maximum atomic E-state index is 11.7. The van der Waals surface area contributed by atoms with Crippen LogP contribution < -0.4 is 0 Å². The number of likely N-dealkylation sites (tertiary alicyclic amines) is 1. The molecule has 1 saturated heterocycles. The SMILES string of the molecule is O=C1CCCN1Cc1nnc(Sc2ncnc3occ(-c4cccs4)c23)o1. The number of hydrogen-bond acceptors (Lipinski definition) is 9. The molecule has 0 aliphatic carbocycles. The van der Waals surface area contributed by atoms with E-state index in [9.17, 15) is 4.79 Å². The second-order valence-electron chi connectivity index (χ2n) is 5.97. The molecule has 0 bridgehead atoms. The average Bonchev–Trinajstić information content (AvgIpc) is 3.44. The molecular formula is C17H13N5O3S2. The molecule has 0 spiro atoms. The number of hydrogen-bond donors (Lipinski definition) is 0. The molecular weight excluding hydrogens is 386 g/mol. The lowest BCUT2D eigenvalue weighted by Crippen LogP contribution is -2.23. The van der Waals surface area contributed by atoms with Gasteiger partial charge in [0, 0.05) is 23.4 Å². The Hall–Kier alpha value is -2.72. The number of aromatic nitrogens is 4. The van der Waals surface area contributed by atoms with E-state index in [-0.39, 0.29) is 5.91 Å². The zero-order chi connectivity index (χ0) is 18.2. The normalized spacial score (nSPS) is 14.5. The van der Waals surface area contributed by atoms with Crippen LogP contribution >= 0.6 is 23.1 Å². The van der Waals surface area contributed by atoms with Crippen LogP contribution in [0, 0.1) is 0 Å². The Morgan fingerprint density at radius 1 is 1.30 bits per heavy atom. The fourth-order valence-corrected chi connectivity index (χ4v) is 4.52. The molecule has 5 heterocycles. The van der Waals surface area contributed by atoms with Gasteiger partial charge in [0.1, 0.15) is 17.6 Å². The number of carbonyl (C=O) groups is 1. The average molecular weight is 399 g/mol. The molecule has 1 fully saturated rings. The maximum Gasteiger partial charge on any atom is 0.283 e. The Kier molecular flexibility index (Phi) is 4.13.